The Morgan fingerprint density at radius 3 is 2.22 bits per heavy atom. The molecule has 0 fully saturated rings. The summed E-state index contributed by atoms with van der Waals surface area (Å²) in [6, 6.07) is 11.9. The molecule has 0 radical (unpaired) electrons. The Kier molecular flexibility index (Phi) is 5.77. The van der Waals surface area contributed by atoms with E-state index in [-0.39, 0.29) is 11.8 Å². The minimum absolute atomic E-state index is 0.135. The summed E-state index contributed by atoms with van der Waals surface area (Å²) in [5.41, 5.74) is 2.62. The van der Waals surface area contributed by atoms with Crippen molar-refractivity contribution < 1.29 is 9.59 Å². The van der Waals surface area contributed by atoms with Gasteiger partial charge < -0.3 is 10.6 Å². The molecule has 2 N–H and O–H groups in total. The fourth-order valence-electron chi connectivity index (χ4n) is 2.04. The lowest BCUT2D eigenvalue weighted by Gasteiger charge is -2.09. The van der Waals surface area contributed by atoms with Crippen molar-refractivity contribution in [1.82, 2.24) is 5.32 Å². The molecule has 2 aromatic carbocycles. The molecule has 0 aliphatic rings. The quantitative estimate of drug-likeness (QED) is 0.869. The zero-order valence-corrected chi connectivity index (χ0v) is 13.9. The minimum Gasteiger partial charge on any atom is -0.352 e. The number of halogens is 1. The van der Waals surface area contributed by atoms with Crippen LogP contribution in [0.2, 0.25) is 5.02 Å². The smallest absolute Gasteiger partial charge is 0.255 e. The first-order valence-corrected chi connectivity index (χ1v) is 7.85. The number of nitrogens with one attached hydrogen (secondary N) is 2. The average Bonchev–Trinajstić information content (AvgIpc) is 2.56. The van der Waals surface area contributed by atoms with Gasteiger partial charge in [-0.3, -0.25) is 9.59 Å². The van der Waals surface area contributed by atoms with Gasteiger partial charge in [-0.15, -0.1) is 0 Å². The van der Waals surface area contributed by atoms with E-state index in [1.807, 2.05) is 19.9 Å². The largest absolute Gasteiger partial charge is 0.352 e. The Balaban J connectivity index is 2.08. The lowest BCUT2D eigenvalue weighted by molar-refractivity contribution is 0.0951. The highest BCUT2D eigenvalue weighted by molar-refractivity contribution is 6.31. The molecule has 2 aromatic rings. The third-order valence-electron chi connectivity index (χ3n) is 3.39. The van der Waals surface area contributed by atoms with Crippen LogP contribution >= 0.6 is 11.6 Å². The first-order valence-electron chi connectivity index (χ1n) is 7.47. The fraction of sp³-hybridized carbons (Fsp3) is 0.222. The second-order valence-electron chi connectivity index (χ2n) is 5.25. The Morgan fingerprint density at radius 2 is 1.61 bits per heavy atom. The third-order valence-corrected chi connectivity index (χ3v) is 3.63. The second kappa shape index (κ2) is 7.79. The number of carbonyl (C=O) groups is 2. The molecule has 0 atom stereocenters. The topological polar surface area (TPSA) is 58.2 Å². The molecular weight excluding hydrogens is 312 g/mol. The molecule has 0 unspecified atom stereocenters. The van der Waals surface area contributed by atoms with E-state index in [9.17, 15) is 9.59 Å². The Bertz CT molecular complexity index is 711. The van der Waals surface area contributed by atoms with Gasteiger partial charge >= 0.3 is 0 Å². The molecule has 2 rings (SSSR count). The standard InChI is InChI=1S/C18H19ClN2O2/c1-3-10-20-17(22)13-5-7-14(8-6-13)18(23)21-16-11-15(19)9-4-12(16)2/h4-9,11H,3,10H2,1-2H3,(H,20,22)(H,21,23). The van der Waals surface area contributed by atoms with Gasteiger partial charge in [0.1, 0.15) is 0 Å². The van der Waals surface area contributed by atoms with Crippen LogP contribution in [0.25, 0.3) is 0 Å². The maximum atomic E-state index is 12.3. The van der Waals surface area contributed by atoms with E-state index in [0.29, 0.717) is 28.4 Å². The van der Waals surface area contributed by atoms with E-state index in [0.717, 1.165) is 12.0 Å². The van der Waals surface area contributed by atoms with Gasteiger partial charge in [0.05, 0.1) is 0 Å². The van der Waals surface area contributed by atoms with Crippen molar-refractivity contribution in [3.63, 3.8) is 0 Å². The van der Waals surface area contributed by atoms with E-state index in [1.165, 1.54) is 0 Å². The molecule has 0 bridgehead atoms. The number of benzene rings is 2. The normalized spacial score (nSPS) is 10.2. The lowest BCUT2D eigenvalue weighted by Crippen LogP contribution is -2.24. The highest BCUT2D eigenvalue weighted by atomic mass is 35.5. The number of hydrogen-bond acceptors (Lipinski definition) is 2. The van der Waals surface area contributed by atoms with Crippen LogP contribution in [-0.4, -0.2) is 18.4 Å². The van der Waals surface area contributed by atoms with Crippen LogP contribution in [0.15, 0.2) is 42.5 Å². The molecule has 0 spiro atoms. The summed E-state index contributed by atoms with van der Waals surface area (Å²) in [5, 5.41) is 6.19. The summed E-state index contributed by atoms with van der Waals surface area (Å²) in [6.45, 7) is 4.52. The molecule has 23 heavy (non-hydrogen) atoms. The number of aryl methyl sites for hydroxylation is 1. The number of amides is 2. The van der Waals surface area contributed by atoms with E-state index >= 15 is 0 Å². The van der Waals surface area contributed by atoms with Crippen molar-refractivity contribution in [2.24, 2.45) is 0 Å². The molecule has 4 nitrogen and oxygen atoms in total. The highest BCUT2D eigenvalue weighted by Crippen LogP contribution is 2.21. The highest BCUT2D eigenvalue weighted by Gasteiger charge is 2.10. The van der Waals surface area contributed by atoms with E-state index < -0.39 is 0 Å². The first kappa shape index (κ1) is 17.0. The summed E-state index contributed by atoms with van der Waals surface area (Å²) in [5.74, 6) is -0.375. The molecule has 0 aromatic heterocycles. The molecule has 2 amide bonds. The van der Waals surface area contributed by atoms with Crippen molar-refractivity contribution in [2.45, 2.75) is 20.3 Å². The average molecular weight is 331 g/mol. The summed E-state index contributed by atoms with van der Waals surface area (Å²) < 4.78 is 0. The lowest BCUT2D eigenvalue weighted by atomic mass is 10.1. The third kappa shape index (κ3) is 4.57. The van der Waals surface area contributed by atoms with Crippen LogP contribution in [0, 0.1) is 6.92 Å². The summed E-state index contributed by atoms with van der Waals surface area (Å²) in [4.78, 5) is 24.1. The van der Waals surface area contributed by atoms with Gasteiger partial charge in [0, 0.05) is 28.4 Å². The summed E-state index contributed by atoms with van der Waals surface area (Å²) >= 11 is 5.95. The van der Waals surface area contributed by atoms with Crippen LogP contribution in [0.4, 0.5) is 5.69 Å². The van der Waals surface area contributed by atoms with E-state index in [1.54, 1.807) is 36.4 Å². The predicted octanol–water partition coefficient (Wildman–Crippen LogP) is 4.04. The Hall–Kier alpha value is -2.33. The molecule has 0 saturated heterocycles. The molecule has 120 valence electrons. The number of hydrogen-bond donors (Lipinski definition) is 2. The van der Waals surface area contributed by atoms with Crippen molar-refractivity contribution in [3.8, 4) is 0 Å². The van der Waals surface area contributed by atoms with Gasteiger partial charge in [0.15, 0.2) is 0 Å². The van der Waals surface area contributed by atoms with Gasteiger partial charge in [0.25, 0.3) is 11.8 Å². The zero-order valence-electron chi connectivity index (χ0n) is 13.2. The van der Waals surface area contributed by atoms with Crippen molar-refractivity contribution in [1.29, 1.82) is 0 Å². The number of rotatable bonds is 5. The van der Waals surface area contributed by atoms with Gasteiger partial charge in [0.2, 0.25) is 0 Å². The SMILES string of the molecule is CCCNC(=O)c1ccc(C(=O)Nc2cc(Cl)ccc2C)cc1. The molecular formula is C18H19ClN2O2. The maximum absolute atomic E-state index is 12.3. The molecule has 5 heteroatoms. The predicted molar refractivity (Wildman–Crippen MR) is 93.2 cm³/mol. The van der Waals surface area contributed by atoms with Gasteiger partial charge in [-0.05, 0) is 55.3 Å². The summed E-state index contributed by atoms with van der Waals surface area (Å²) in [7, 11) is 0. The minimum atomic E-state index is -0.240. The fourth-order valence-corrected chi connectivity index (χ4v) is 2.21. The van der Waals surface area contributed by atoms with Crippen molar-refractivity contribution in [2.75, 3.05) is 11.9 Å². The van der Waals surface area contributed by atoms with Crippen LogP contribution in [-0.2, 0) is 0 Å². The van der Waals surface area contributed by atoms with Crippen LogP contribution < -0.4 is 10.6 Å². The van der Waals surface area contributed by atoms with E-state index in [4.69, 9.17) is 11.6 Å². The Morgan fingerprint density at radius 1 is 1.00 bits per heavy atom. The second-order valence-corrected chi connectivity index (χ2v) is 5.68. The van der Waals surface area contributed by atoms with Crippen LogP contribution in [0.1, 0.15) is 39.6 Å². The number of carbonyl (C=O) groups excluding carboxylic acids is 2. The van der Waals surface area contributed by atoms with Crippen LogP contribution in [0.5, 0.6) is 0 Å². The van der Waals surface area contributed by atoms with Gasteiger partial charge in [-0.1, -0.05) is 24.6 Å². The van der Waals surface area contributed by atoms with Gasteiger partial charge in [-0.2, -0.15) is 0 Å². The van der Waals surface area contributed by atoms with Gasteiger partial charge in [-0.25, -0.2) is 0 Å². The van der Waals surface area contributed by atoms with Crippen molar-refractivity contribution >= 4 is 29.1 Å². The van der Waals surface area contributed by atoms with E-state index in [2.05, 4.69) is 10.6 Å². The number of anilines is 1. The van der Waals surface area contributed by atoms with Crippen molar-refractivity contribution in [3.05, 3.63) is 64.2 Å². The zero-order chi connectivity index (χ0) is 16.8. The summed E-state index contributed by atoms with van der Waals surface area (Å²) in [6.07, 6.45) is 0.880. The Labute approximate surface area is 140 Å². The molecule has 0 heterocycles. The monoisotopic (exact) mass is 330 g/mol. The van der Waals surface area contributed by atoms with Crippen LogP contribution in [0.3, 0.4) is 0 Å². The first-order chi connectivity index (χ1) is 11.0. The molecule has 0 aliphatic heterocycles. The molecule has 0 aliphatic carbocycles. The maximum Gasteiger partial charge on any atom is 0.255 e. The molecule has 0 saturated carbocycles.